The van der Waals surface area contributed by atoms with Crippen molar-refractivity contribution in [2.45, 2.75) is 19.4 Å². The molecule has 1 aromatic carbocycles. The van der Waals surface area contributed by atoms with E-state index in [9.17, 15) is 4.79 Å². The number of hydrogen-bond donors (Lipinski definition) is 1. The van der Waals surface area contributed by atoms with Crippen LogP contribution < -0.4 is 15.0 Å². The monoisotopic (exact) mass is 268 g/mol. The highest BCUT2D eigenvalue weighted by Crippen LogP contribution is 2.33. The van der Waals surface area contributed by atoms with Crippen LogP contribution in [0.25, 0.3) is 0 Å². The van der Waals surface area contributed by atoms with Gasteiger partial charge in [-0.1, -0.05) is 18.5 Å². The van der Waals surface area contributed by atoms with Crippen LogP contribution in [-0.2, 0) is 4.79 Å². The first-order chi connectivity index (χ1) is 8.65. The lowest BCUT2D eigenvalue weighted by atomic mass is 10.2. The van der Waals surface area contributed by atoms with Gasteiger partial charge in [-0.3, -0.25) is 4.79 Å². The van der Waals surface area contributed by atoms with E-state index in [1.807, 2.05) is 6.92 Å². The standard InChI is InChI=1S/C13H17ClN2O2/c1-3-15-10-7-13(17)16(8-10)11-6-9(14)4-5-12(11)18-2/h4-6,10,15H,3,7-8H2,1-2H3. The average molecular weight is 269 g/mol. The number of benzene rings is 1. The summed E-state index contributed by atoms with van der Waals surface area (Å²) in [5.74, 6) is 0.770. The van der Waals surface area contributed by atoms with Crippen LogP contribution in [-0.4, -0.2) is 32.1 Å². The highest BCUT2D eigenvalue weighted by molar-refractivity contribution is 6.31. The fraction of sp³-hybridized carbons (Fsp3) is 0.462. The van der Waals surface area contributed by atoms with Gasteiger partial charge in [-0.15, -0.1) is 0 Å². The number of amides is 1. The van der Waals surface area contributed by atoms with Gasteiger partial charge in [0.15, 0.2) is 0 Å². The molecule has 0 saturated carbocycles. The Morgan fingerprint density at radius 2 is 2.33 bits per heavy atom. The number of nitrogens with one attached hydrogen (secondary N) is 1. The van der Waals surface area contributed by atoms with E-state index in [2.05, 4.69) is 5.32 Å². The van der Waals surface area contributed by atoms with Crippen molar-refractivity contribution >= 4 is 23.2 Å². The van der Waals surface area contributed by atoms with E-state index in [1.165, 1.54) is 0 Å². The summed E-state index contributed by atoms with van der Waals surface area (Å²) >= 11 is 5.99. The summed E-state index contributed by atoms with van der Waals surface area (Å²) in [6, 6.07) is 5.51. The molecule has 1 heterocycles. The minimum atomic E-state index is 0.0986. The molecule has 4 nitrogen and oxygen atoms in total. The summed E-state index contributed by atoms with van der Waals surface area (Å²) < 4.78 is 5.28. The van der Waals surface area contributed by atoms with E-state index in [-0.39, 0.29) is 11.9 Å². The van der Waals surface area contributed by atoms with Crippen molar-refractivity contribution in [3.63, 3.8) is 0 Å². The van der Waals surface area contributed by atoms with Crippen molar-refractivity contribution in [2.24, 2.45) is 0 Å². The van der Waals surface area contributed by atoms with E-state index >= 15 is 0 Å². The van der Waals surface area contributed by atoms with Crippen molar-refractivity contribution in [3.8, 4) is 5.75 Å². The fourth-order valence-electron chi connectivity index (χ4n) is 2.24. The minimum Gasteiger partial charge on any atom is -0.495 e. The first-order valence-electron chi connectivity index (χ1n) is 6.03. The van der Waals surface area contributed by atoms with Crippen LogP contribution >= 0.6 is 11.6 Å². The smallest absolute Gasteiger partial charge is 0.228 e. The summed E-state index contributed by atoms with van der Waals surface area (Å²) in [4.78, 5) is 13.8. The van der Waals surface area contributed by atoms with Gasteiger partial charge in [-0.05, 0) is 24.7 Å². The van der Waals surface area contributed by atoms with Gasteiger partial charge in [0.25, 0.3) is 0 Å². The van der Waals surface area contributed by atoms with Gasteiger partial charge in [-0.2, -0.15) is 0 Å². The normalized spacial score (nSPS) is 19.4. The Balaban J connectivity index is 2.26. The summed E-state index contributed by atoms with van der Waals surface area (Å²) in [7, 11) is 1.59. The number of nitrogens with zero attached hydrogens (tertiary/aromatic N) is 1. The molecular formula is C13H17ClN2O2. The Morgan fingerprint density at radius 1 is 1.56 bits per heavy atom. The van der Waals surface area contributed by atoms with Crippen molar-refractivity contribution < 1.29 is 9.53 Å². The molecule has 0 spiro atoms. The molecule has 1 fully saturated rings. The molecule has 1 N–H and O–H groups in total. The second-order valence-corrected chi connectivity index (χ2v) is 4.72. The zero-order valence-electron chi connectivity index (χ0n) is 10.6. The van der Waals surface area contributed by atoms with E-state index in [0.29, 0.717) is 23.7 Å². The number of hydrogen-bond acceptors (Lipinski definition) is 3. The number of carbonyl (C=O) groups is 1. The summed E-state index contributed by atoms with van der Waals surface area (Å²) in [6.07, 6.45) is 0.517. The number of methoxy groups -OCH3 is 1. The van der Waals surface area contributed by atoms with Crippen molar-refractivity contribution in [2.75, 3.05) is 25.1 Å². The van der Waals surface area contributed by atoms with Gasteiger partial charge >= 0.3 is 0 Å². The topological polar surface area (TPSA) is 41.6 Å². The van der Waals surface area contributed by atoms with Crippen LogP contribution in [0, 0.1) is 0 Å². The number of likely N-dealkylation sites (N-methyl/N-ethyl adjacent to an activating group) is 1. The largest absolute Gasteiger partial charge is 0.495 e. The maximum absolute atomic E-state index is 12.0. The average Bonchev–Trinajstić information content (AvgIpc) is 2.70. The highest BCUT2D eigenvalue weighted by atomic mass is 35.5. The van der Waals surface area contributed by atoms with Crippen LogP contribution in [0.4, 0.5) is 5.69 Å². The Morgan fingerprint density at radius 3 is 3.00 bits per heavy atom. The van der Waals surface area contributed by atoms with Crippen molar-refractivity contribution in [1.29, 1.82) is 0 Å². The summed E-state index contributed by atoms with van der Waals surface area (Å²) in [5, 5.41) is 3.89. The Kier molecular flexibility index (Phi) is 4.09. The fourth-order valence-corrected chi connectivity index (χ4v) is 2.41. The third-order valence-electron chi connectivity index (χ3n) is 3.05. The molecule has 1 saturated heterocycles. The molecule has 0 bridgehead atoms. The van der Waals surface area contributed by atoms with Crippen molar-refractivity contribution in [1.82, 2.24) is 5.32 Å². The quantitative estimate of drug-likeness (QED) is 0.909. The first kappa shape index (κ1) is 13.2. The van der Waals surface area contributed by atoms with E-state index in [4.69, 9.17) is 16.3 Å². The molecule has 18 heavy (non-hydrogen) atoms. The molecule has 1 unspecified atom stereocenters. The van der Waals surface area contributed by atoms with Crippen LogP contribution in [0.15, 0.2) is 18.2 Å². The molecule has 98 valence electrons. The second kappa shape index (κ2) is 5.59. The lowest BCUT2D eigenvalue weighted by molar-refractivity contribution is -0.117. The first-order valence-corrected chi connectivity index (χ1v) is 6.40. The van der Waals surface area contributed by atoms with Crippen LogP contribution in [0.2, 0.25) is 5.02 Å². The van der Waals surface area contributed by atoms with Crippen molar-refractivity contribution in [3.05, 3.63) is 23.2 Å². The molecular weight excluding hydrogens is 252 g/mol. The molecule has 5 heteroatoms. The molecule has 0 aliphatic carbocycles. The highest BCUT2D eigenvalue weighted by Gasteiger charge is 2.31. The Labute approximate surface area is 112 Å². The SMILES string of the molecule is CCNC1CC(=O)N(c2cc(Cl)ccc2OC)C1. The lowest BCUT2D eigenvalue weighted by Crippen LogP contribution is -2.32. The van der Waals surface area contributed by atoms with Gasteiger partial charge in [0, 0.05) is 24.0 Å². The third-order valence-corrected chi connectivity index (χ3v) is 3.28. The number of anilines is 1. The molecule has 2 rings (SSSR count). The molecule has 0 aromatic heterocycles. The summed E-state index contributed by atoms with van der Waals surface area (Å²) in [6.45, 7) is 3.55. The number of carbonyl (C=O) groups excluding carboxylic acids is 1. The van der Waals surface area contributed by atoms with E-state index < -0.39 is 0 Å². The lowest BCUT2D eigenvalue weighted by Gasteiger charge is -2.20. The van der Waals surface area contributed by atoms with Gasteiger partial charge in [0.1, 0.15) is 5.75 Å². The molecule has 1 aliphatic rings. The molecule has 1 aliphatic heterocycles. The predicted molar refractivity (Wildman–Crippen MR) is 72.4 cm³/mol. The van der Waals surface area contributed by atoms with Gasteiger partial charge in [0.2, 0.25) is 5.91 Å². The second-order valence-electron chi connectivity index (χ2n) is 4.28. The summed E-state index contributed by atoms with van der Waals surface area (Å²) in [5.41, 5.74) is 0.746. The van der Waals surface area contributed by atoms with Gasteiger partial charge < -0.3 is 15.0 Å². The van der Waals surface area contributed by atoms with Gasteiger partial charge in [-0.25, -0.2) is 0 Å². The molecule has 1 atom stereocenters. The Hall–Kier alpha value is -1.26. The van der Waals surface area contributed by atoms with Gasteiger partial charge in [0.05, 0.1) is 12.8 Å². The molecule has 1 amide bonds. The maximum Gasteiger partial charge on any atom is 0.228 e. The molecule has 1 aromatic rings. The van der Waals surface area contributed by atoms with Crippen LogP contribution in [0.1, 0.15) is 13.3 Å². The number of ether oxygens (including phenoxy) is 1. The zero-order valence-corrected chi connectivity index (χ0v) is 11.3. The third kappa shape index (κ3) is 2.60. The van der Waals surface area contributed by atoms with Crippen LogP contribution in [0.5, 0.6) is 5.75 Å². The maximum atomic E-state index is 12.0. The minimum absolute atomic E-state index is 0.0986. The van der Waals surface area contributed by atoms with E-state index in [1.54, 1.807) is 30.2 Å². The molecule has 0 radical (unpaired) electrons. The number of rotatable bonds is 4. The zero-order chi connectivity index (χ0) is 13.1. The van der Waals surface area contributed by atoms with Crippen LogP contribution in [0.3, 0.4) is 0 Å². The Bertz CT molecular complexity index is 451. The number of halogens is 1. The van der Waals surface area contributed by atoms with E-state index in [0.717, 1.165) is 12.2 Å². The predicted octanol–water partition coefficient (Wildman–Crippen LogP) is 2.06.